The zero-order chi connectivity index (χ0) is 23.7. The number of sulfonamides is 1. The van der Waals surface area contributed by atoms with Gasteiger partial charge in [-0.3, -0.25) is 9.59 Å². The van der Waals surface area contributed by atoms with E-state index >= 15 is 0 Å². The molecule has 2 amide bonds. The Kier molecular flexibility index (Phi) is 6.37. The van der Waals surface area contributed by atoms with Crippen LogP contribution in [0.1, 0.15) is 36.6 Å². The molecule has 2 aliphatic heterocycles. The zero-order valence-electron chi connectivity index (χ0n) is 18.6. The lowest BCUT2D eigenvalue weighted by Gasteiger charge is -2.31. The molecule has 0 aliphatic carbocycles. The molecule has 10 heteroatoms. The monoisotopic (exact) mass is 498 g/mol. The zero-order valence-corrected chi connectivity index (χ0v) is 20.3. The summed E-state index contributed by atoms with van der Waals surface area (Å²) in [5, 5.41) is 1.10. The van der Waals surface area contributed by atoms with E-state index in [9.17, 15) is 18.0 Å². The number of nitrogens with one attached hydrogen (secondary N) is 1. The SMILES string of the molecule is O=C(CNS(=O)(=O)c1ccc(N2CCCC2=O)cc1)N1CCC(c2nc3ccccc3s2)CC1. The van der Waals surface area contributed by atoms with Crippen LogP contribution in [0.5, 0.6) is 0 Å². The third-order valence-corrected chi connectivity index (χ3v) is 9.07. The molecule has 0 bridgehead atoms. The van der Waals surface area contributed by atoms with Gasteiger partial charge in [0.25, 0.3) is 0 Å². The lowest BCUT2D eigenvalue weighted by molar-refractivity contribution is -0.131. The number of rotatable bonds is 6. The Morgan fingerprint density at radius 3 is 2.47 bits per heavy atom. The molecule has 3 heterocycles. The van der Waals surface area contributed by atoms with Crippen molar-refractivity contribution in [3.05, 3.63) is 53.5 Å². The first kappa shape index (κ1) is 22.9. The Morgan fingerprint density at radius 1 is 1.06 bits per heavy atom. The van der Waals surface area contributed by atoms with Crippen molar-refractivity contribution < 1.29 is 18.0 Å². The number of piperidine rings is 1. The van der Waals surface area contributed by atoms with Gasteiger partial charge in [-0.25, -0.2) is 18.1 Å². The van der Waals surface area contributed by atoms with Crippen LogP contribution in [0.2, 0.25) is 0 Å². The molecule has 2 aromatic carbocycles. The molecule has 5 rings (SSSR count). The van der Waals surface area contributed by atoms with Gasteiger partial charge in [0.1, 0.15) is 0 Å². The third-order valence-electron chi connectivity index (χ3n) is 6.45. The van der Waals surface area contributed by atoms with Crippen molar-refractivity contribution in [1.82, 2.24) is 14.6 Å². The van der Waals surface area contributed by atoms with E-state index in [0.717, 1.165) is 29.8 Å². The Labute approximate surface area is 202 Å². The second-order valence-electron chi connectivity index (χ2n) is 8.64. The minimum absolute atomic E-state index is 0.0474. The Balaban J connectivity index is 1.14. The maximum absolute atomic E-state index is 12.7. The van der Waals surface area contributed by atoms with Crippen molar-refractivity contribution in [2.24, 2.45) is 0 Å². The summed E-state index contributed by atoms with van der Waals surface area (Å²) in [5.74, 6) is 0.135. The van der Waals surface area contributed by atoms with E-state index < -0.39 is 10.0 Å². The number of benzene rings is 2. The van der Waals surface area contributed by atoms with Crippen molar-refractivity contribution in [1.29, 1.82) is 0 Å². The first-order valence-electron chi connectivity index (χ1n) is 11.4. The highest BCUT2D eigenvalue weighted by Gasteiger charge is 2.27. The molecule has 2 aliphatic rings. The van der Waals surface area contributed by atoms with Crippen molar-refractivity contribution in [3.63, 3.8) is 0 Å². The summed E-state index contributed by atoms with van der Waals surface area (Å²) in [5.41, 5.74) is 1.70. The van der Waals surface area contributed by atoms with Crippen LogP contribution in [0.4, 0.5) is 5.69 Å². The van der Waals surface area contributed by atoms with Gasteiger partial charge in [0, 0.05) is 37.7 Å². The van der Waals surface area contributed by atoms with Crippen LogP contribution in [0.3, 0.4) is 0 Å². The largest absolute Gasteiger partial charge is 0.342 e. The van der Waals surface area contributed by atoms with Crippen LogP contribution in [0, 0.1) is 0 Å². The van der Waals surface area contributed by atoms with Crippen LogP contribution in [-0.4, -0.2) is 56.3 Å². The second kappa shape index (κ2) is 9.44. The molecule has 0 atom stereocenters. The number of hydrogen-bond donors (Lipinski definition) is 1. The lowest BCUT2D eigenvalue weighted by atomic mass is 9.97. The molecule has 1 aromatic heterocycles. The van der Waals surface area contributed by atoms with Crippen LogP contribution < -0.4 is 9.62 Å². The van der Waals surface area contributed by atoms with Gasteiger partial charge in [-0.2, -0.15) is 0 Å². The van der Waals surface area contributed by atoms with Gasteiger partial charge >= 0.3 is 0 Å². The second-order valence-corrected chi connectivity index (χ2v) is 11.5. The average molecular weight is 499 g/mol. The molecule has 0 unspecified atom stereocenters. The number of anilines is 1. The van der Waals surface area contributed by atoms with E-state index in [1.165, 1.54) is 16.8 Å². The number of para-hydroxylation sites is 1. The lowest BCUT2D eigenvalue weighted by Crippen LogP contribution is -2.43. The minimum Gasteiger partial charge on any atom is -0.342 e. The summed E-state index contributed by atoms with van der Waals surface area (Å²) in [6.45, 7) is 1.53. The molecule has 3 aromatic rings. The molecule has 2 saturated heterocycles. The number of likely N-dealkylation sites (tertiary alicyclic amines) is 1. The number of aromatic nitrogens is 1. The first-order valence-corrected chi connectivity index (χ1v) is 13.7. The summed E-state index contributed by atoms with van der Waals surface area (Å²) in [4.78, 5) is 32.7. The molecule has 2 fully saturated rings. The predicted molar refractivity (Wildman–Crippen MR) is 131 cm³/mol. The predicted octanol–water partition coefficient (Wildman–Crippen LogP) is 3.11. The molecule has 0 saturated carbocycles. The summed E-state index contributed by atoms with van der Waals surface area (Å²) >= 11 is 1.71. The van der Waals surface area contributed by atoms with Crippen molar-refractivity contribution in [2.75, 3.05) is 31.1 Å². The average Bonchev–Trinajstić information content (AvgIpc) is 3.49. The third kappa shape index (κ3) is 4.70. The highest BCUT2D eigenvalue weighted by molar-refractivity contribution is 7.89. The molecule has 8 nitrogen and oxygen atoms in total. The number of fused-ring (bicyclic) bond motifs is 1. The van der Waals surface area contributed by atoms with Crippen LogP contribution >= 0.6 is 11.3 Å². The number of carbonyl (C=O) groups is 2. The van der Waals surface area contributed by atoms with Crippen LogP contribution in [-0.2, 0) is 19.6 Å². The van der Waals surface area contributed by atoms with Gasteiger partial charge in [0.05, 0.1) is 26.7 Å². The van der Waals surface area contributed by atoms with Crippen molar-refractivity contribution in [2.45, 2.75) is 36.5 Å². The van der Waals surface area contributed by atoms with Gasteiger partial charge in [0.15, 0.2) is 0 Å². The van der Waals surface area contributed by atoms with E-state index in [2.05, 4.69) is 10.8 Å². The molecule has 178 valence electrons. The number of amides is 2. The van der Waals surface area contributed by atoms with Gasteiger partial charge in [-0.15, -0.1) is 11.3 Å². The summed E-state index contributed by atoms with van der Waals surface area (Å²) in [6.07, 6.45) is 2.95. The van der Waals surface area contributed by atoms with E-state index in [1.54, 1.807) is 33.3 Å². The van der Waals surface area contributed by atoms with Crippen molar-refractivity contribution >= 4 is 49.1 Å². The summed E-state index contributed by atoms with van der Waals surface area (Å²) < 4.78 is 28.9. The maximum atomic E-state index is 12.7. The smallest absolute Gasteiger partial charge is 0.241 e. The van der Waals surface area contributed by atoms with E-state index in [4.69, 9.17) is 4.98 Å². The molecule has 1 N–H and O–H groups in total. The normalized spacial score (nSPS) is 17.6. The van der Waals surface area contributed by atoms with Crippen molar-refractivity contribution in [3.8, 4) is 0 Å². The van der Waals surface area contributed by atoms with Gasteiger partial charge in [-0.05, 0) is 55.7 Å². The van der Waals surface area contributed by atoms with Gasteiger partial charge < -0.3 is 9.80 Å². The fraction of sp³-hybridized carbons (Fsp3) is 0.375. The summed E-state index contributed by atoms with van der Waals surface area (Å²) in [7, 11) is -3.83. The Morgan fingerprint density at radius 2 is 1.79 bits per heavy atom. The first-order chi connectivity index (χ1) is 16.4. The Hall–Kier alpha value is -2.82. The summed E-state index contributed by atoms with van der Waals surface area (Å²) in [6, 6.07) is 14.3. The molecular formula is C24H26N4O4S2. The number of carbonyl (C=O) groups excluding carboxylic acids is 2. The van der Waals surface area contributed by atoms with Gasteiger partial charge in [-0.1, -0.05) is 12.1 Å². The maximum Gasteiger partial charge on any atom is 0.241 e. The Bertz CT molecular complexity index is 1280. The molecular weight excluding hydrogens is 472 g/mol. The fourth-order valence-electron chi connectivity index (χ4n) is 4.52. The topological polar surface area (TPSA) is 99.7 Å². The fourth-order valence-corrected chi connectivity index (χ4v) is 6.63. The molecule has 0 spiro atoms. The van der Waals surface area contributed by atoms with Crippen LogP contribution in [0.15, 0.2) is 53.4 Å². The number of thiazole rings is 1. The number of hydrogen-bond acceptors (Lipinski definition) is 6. The molecule has 0 radical (unpaired) electrons. The highest BCUT2D eigenvalue weighted by Crippen LogP contribution is 2.33. The van der Waals surface area contributed by atoms with Crippen LogP contribution in [0.25, 0.3) is 10.2 Å². The van der Waals surface area contributed by atoms with E-state index in [1.807, 2.05) is 18.2 Å². The van der Waals surface area contributed by atoms with Gasteiger partial charge in [0.2, 0.25) is 21.8 Å². The minimum atomic E-state index is -3.83. The highest BCUT2D eigenvalue weighted by atomic mass is 32.2. The number of nitrogens with zero attached hydrogens (tertiary/aromatic N) is 3. The van der Waals surface area contributed by atoms with E-state index in [-0.39, 0.29) is 23.3 Å². The standard InChI is InChI=1S/C24H26N4O4S2/c29-22-6-3-13-28(22)18-7-9-19(10-8-18)34(31,32)25-16-23(30)27-14-11-17(12-15-27)24-26-20-4-1-2-5-21(20)33-24/h1-2,4-5,7-10,17,25H,3,6,11-16H2. The van der Waals surface area contributed by atoms with E-state index in [0.29, 0.717) is 37.7 Å². The molecule has 34 heavy (non-hydrogen) atoms. The quantitative estimate of drug-likeness (QED) is 0.563.